The number of aromatic nitrogens is 4. The smallest absolute Gasteiger partial charge is 0.244 e. The van der Waals surface area contributed by atoms with E-state index >= 15 is 0 Å². The summed E-state index contributed by atoms with van der Waals surface area (Å²) in [6.07, 6.45) is 3.91. The number of nitrogens with zero attached hydrogens (tertiary/aromatic N) is 6. The summed E-state index contributed by atoms with van der Waals surface area (Å²) < 4.78 is 15.5. The Morgan fingerprint density at radius 1 is 1.13 bits per heavy atom. The topological polar surface area (TPSA) is 67.2 Å². The monoisotopic (exact) mass is 420 g/mol. The fraction of sp³-hybridized carbons (Fsp3) is 0.391. The Morgan fingerprint density at radius 3 is 2.61 bits per heavy atom. The van der Waals surface area contributed by atoms with Gasteiger partial charge in [0.05, 0.1) is 5.69 Å². The summed E-state index contributed by atoms with van der Waals surface area (Å²) in [6.45, 7) is 4.76. The second kappa shape index (κ2) is 8.09. The van der Waals surface area contributed by atoms with Crippen molar-refractivity contribution >= 4 is 11.7 Å². The lowest BCUT2D eigenvalue weighted by Crippen LogP contribution is -2.50. The Morgan fingerprint density at radius 2 is 1.94 bits per heavy atom. The molecule has 1 aromatic carbocycles. The first-order valence-electron chi connectivity index (χ1n) is 10.7. The number of hydrogen-bond acceptors (Lipinski definition) is 5. The zero-order valence-electron chi connectivity index (χ0n) is 17.5. The molecule has 1 aliphatic carbocycles. The standard InChI is InChI=1S/C23H25FN6O/c1-16-13-18(6-7-19(16)24)20-14-21(17-4-5-17)30(27-20)15-23(31)29-11-9-28(10-12-29)22-3-2-8-25-26-22/h2-3,6-8,13-14,17H,4-5,9-12,15H2,1H3. The summed E-state index contributed by atoms with van der Waals surface area (Å²) in [4.78, 5) is 17.1. The Hall–Kier alpha value is -3.29. The molecule has 31 heavy (non-hydrogen) atoms. The Kier molecular flexibility index (Phi) is 5.13. The molecule has 0 radical (unpaired) electrons. The lowest BCUT2D eigenvalue weighted by molar-refractivity contribution is -0.132. The largest absolute Gasteiger partial charge is 0.352 e. The SMILES string of the molecule is Cc1cc(-c2cc(C3CC3)n(CC(=O)N3CCN(c4cccnn4)CC3)n2)ccc1F. The summed E-state index contributed by atoms with van der Waals surface area (Å²) in [5.74, 6) is 1.16. The Bertz CT molecular complexity index is 1090. The van der Waals surface area contributed by atoms with Crippen LogP contribution in [0.25, 0.3) is 11.3 Å². The average Bonchev–Trinajstić information content (AvgIpc) is 3.56. The van der Waals surface area contributed by atoms with Crippen LogP contribution in [0, 0.1) is 12.7 Å². The molecule has 0 N–H and O–H groups in total. The lowest BCUT2D eigenvalue weighted by Gasteiger charge is -2.35. The van der Waals surface area contributed by atoms with Crippen LogP contribution >= 0.6 is 0 Å². The second-order valence-electron chi connectivity index (χ2n) is 8.30. The second-order valence-corrected chi connectivity index (χ2v) is 8.30. The predicted octanol–water partition coefficient (Wildman–Crippen LogP) is 3.01. The van der Waals surface area contributed by atoms with Gasteiger partial charge >= 0.3 is 0 Å². The van der Waals surface area contributed by atoms with Crippen molar-refractivity contribution in [2.75, 3.05) is 31.1 Å². The minimum absolute atomic E-state index is 0.0747. The highest BCUT2D eigenvalue weighted by molar-refractivity contribution is 5.76. The Labute approximate surface area is 180 Å². The molecular weight excluding hydrogens is 395 g/mol. The van der Waals surface area contributed by atoms with Crippen LogP contribution in [0.4, 0.5) is 10.2 Å². The fourth-order valence-corrected chi connectivity index (χ4v) is 4.09. The van der Waals surface area contributed by atoms with E-state index in [0.29, 0.717) is 24.6 Å². The first kappa shape index (κ1) is 19.7. The minimum Gasteiger partial charge on any atom is -0.352 e. The fourth-order valence-electron chi connectivity index (χ4n) is 4.09. The summed E-state index contributed by atoms with van der Waals surface area (Å²) in [6, 6.07) is 10.9. The van der Waals surface area contributed by atoms with Gasteiger partial charge < -0.3 is 9.80 Å². The van der Waals surface area contributed by atoms with Crippen LogP contribution in [-0.2, 0) is 11.3 Å². The van der Waals surface area contributed by atoms with E-state index in [9.17, 15) is 9.18 Å². The summed E-state index contributed by atoms with van der Waals surface area (Å²) in [7, 11) is 0. The molecule has 1 saturated carbocycles. The van der Waals surface area contributed by atoms with Crippen molar-refractivity contribution in [3.05, 3.63) is 59.7 Å². The maximum absolute atomic E-state index is 13.7. The van der Waals surface area contributed by atoms with E-state index in [-0.39, 0.29) is 18.3 Å². The van der Waals surface area contributed by atoms with Gasteiger partial charge in [0.1, 0.15) is 12.4 Å². The molecule has 2 aliphatic rings. The summed E-state index contributed by atoms with van der Waals surface area (Å²) in [5.41, 5.74) is 3.37. The molecule has 1 aliphatic heterocycles. The number of benzene rings is 1. The zero-order chi connectivity index (χ0) is 21.4. The third kappa shape index (κ3) is 4.15. The van der Waals surface area contributed by atoms with E-state index in [1.54, 1.807) is 19.2 Å². The molecule has 0 bridgehead atoms. The van der Waals surface area contributed by atoms with Gasteiger partial charge in [-0.05, 0) is 61.7 Å². The summed E-state index contributed by atoms with van der Waals surface area (Å²) >= 11 is 0. The number of piperazine rings is 1. The van der Waals surface area contributed by atoms with Crippen LogP contribution < -0.4 is 4.90 Å². The number of hydrogen-bond donors (Lipinski definition) is 0. The number of carbonyl (C=O) groups excluding carboxylic acids is 1. The number of halogens is 1. The quantitative estimate of drug-likeness (QED) is 0.635. The zero-order valence-corrected chi connectivity index (χ0v) is 17.5. The van der Waals surface area contributed by atoms with E-state index < -0.39 is 0 Å². The van der Waals surface area contributed by atoms with Crippen LogP contribution in [0.3, 0.4) is 0 Å². The van der Waals surface area contributed by atoms with Gasteiger partial charge in [0.15, 0.2) is 5.82 Å². The third-order valence-electron chi connectivity index (χ3n) is 6.06. The van der Waals surface area contributed by atoms with E-state index in [4.69, 9.17) is 5.10 Å². The van der Waals surface area contributed by atoms with Crippen molar-refractivity contribution in [2.45, 2.75) is 32.2 Å². The number of aryl methyl sites for hydroxylation is 1. The molecule has 0 atom stereocenters. The molecule has 3 heterocycles. The van der Waals surface area contributed by atoms with Gasteiger partial charge in [-0.3, -0.25) is 9.48 Å². The number of anilines is 1. The predicted molar refractivity (Wildman–Crippen MR) is 115 cm³/mol. The van der Waals surface area contributed by atoms with E-state index in [1.165, 1.54) is 6.07 Å². The van der Waals surface area contributed by atoms with Gasteiger partial charge in [-0.2, -0.15) is 10.2 Å². The molecule has 7 nitrogen and oxygen atoms in total. The molecular formula is C23H25FN6O. The lowest BCUT2D eigenvalue weighted by atomic mass is 10.1. The molecule has 160 valence electrons. The molecule has 5 rings (SSSR count). The Balaban J connectivity index is 1.29. The van der Waals surface area contributed by atoms with Crippen LogP contribution in [-0.4, -0.2) is 57.0 Å². The van der Waals surface area contributed by atoms with Crippen molar-refractivity contribution in [2.24, 2.45) is 0 Å². The van der Waals surface area contributed by atoms with E-state index in [1.807, 2.05) is 27.8 Å². The maximum atomic E-state index is 13.7. The molecule has 2 aromatic heterocycles. The first-order valence-corrected chi connectivity index (χ1v) is 10.7. The van der Waals surface area contributed by atoms with Crippen molar-refractivity contribution in [1.82, 2.24) is 24.9 Å². The highest BCUT2D eigenvalue weighted by Crippen LogP contribution is 2.41. The molecule has 0 unspecified atom stereocenters. The van der Waals surface area contributed by atoms with Crippen LogP contribution in [0.2, 0.25) is 0 Å². The van der Waals surface area contributed by atoms with E-state index in [2.05, 4.69) is 21.2 Å². The van der Waals surface area contributed by atoms with E-state index in [0.717, 1.165) is 48.7 Å². The number of rotatable bonds is 5. The highest BCUT2D eigenvalue weighted by atomic mass is 19.1. The molecule has 1 amide bonds. The van der Waals surface area contributed by atoms with Gasteiger partial charge in [0.2, 0.25) is 5.91 Å². The molecule has 0 spiro atoms. The van der Waals surface area contributed by atoms with Gasteiger partial charge in [-0.1, -0.05) is 0 Å². The molecule has 8 heteroatoms. The summed E-state index contributed by atoms with van der Waals surface area (Å²) in [5, 5.41) is 12.8. The first-order chi connectivity index (χ1) is 15.1. The van der Waals surface area contributed by atoms with Gasteiger partial charge in [0.25, 0.3) is 0 Å². The minimum atomic E-state index is -0.221. The average molecular weight is 420 g/mol. The molecule has 2 fully saturated rings. The third-order valence-corrected chi connectivity index (χ3v) is 6.06. The molecule has 1 saturated heterocycles. The van der Waals surface area contributed by atoms with Crippen LogP contribution in [0.1, 0.15) is 30.0 Å². The van der Waals surface area contributed by atoms with Gasteiger partial charge in [-0.15, -0.1) is 5.10 Å². The van der Waals surface area contributed by atoms with Crippen molar-refractivity contribution < 1.29 is 9.18 Å². The highest BCUT2D eigenvalue weighted by Gasteiger charge is 2.30. The van der Waals surface area contributed by atoms with Crippen molar-refractivity contribution in [1.29, 1.82) is 0 Å². The van der Waals surface area contributed by atoms with Crippen LogP contribution in [0.5, 0.6) is 0 Å². The normalized spacial score (nSPS) is 16.6. The van der Waals surface area contributed by atoms with Crippen LogP contribution in [0.15, 0.2) is 42.6 Å². The van der Waals surface area contributed by atoms with Crippen molar-refractivity contribution in [3.63, 3.8) is 0 Å². The number of carbonyl (C=O) groups is 1. The number of amides is 1. The maximum Gasteiger partial charge on any atom is 0.244 e. The van der Waals surface area contributed by atoms with Gasteiger partial charge in [-0.25, -0.2) is 4.39 Å². The van der Waals surface area contributed by atoms with Crippen molar-refractivity contribution in [3.8, 4) is 11.3 Å². The molecule has 3 aromatic rings. The van der Waals surface area contributed by atoms with Gasteiger partial charge in [0, 0.05) is 49.6 Å².